The fourth-order valence-corrected chi connectivity index (χ4v) is 2.36. The summed E-state index contributed by atoms with van der Waals surface area (Å²) in [5.41, 5.74) is 6.25. The van der Waals surface area contributed by atoms with Gasteiger partial charge in [-0.3, -0.25) is 0 Å². The number of hydrogen-bond acceptors (Lipinski definition) is 3. The summed E-state index contributed by atoms with van der Waals surface area (Å²) < 4.78 is 6.65. The Labute approximate surface area is 110 Å². The number of benzene rings is 1. The van der Waals surface area contributed by atoms with Crippen molar-refractivity contribution in [1.29, 1.82) is 0 Å². The minimum absolute atomic E-state index is 0.221. The quantitative estimate of drug-likeness (QED) is 0.879. The highest BCUT2D eigenvalue weighted by Crippen LogP contribution is 2.29. The molecule has 17 heavy (non-hydrogen) atoms. The smallest absolute Gasteiger partial charge is 0.120 e. The van der Waals surface area contributed by atoms with Gasteiger partial charge in [0.1, 0.15) is 5.75 Å². The molecule has 2 rings (SSSR count). The molecule has 0 amide bonds. The van der Waals surface area contributed by atoms with Gasteiger partial charge in [0.25, 0.3) is 0 Å². The average Bonchev–Trinajstić information content (AvgIpc) is 2.25. The average molecular weight is 300 g/mol. The number of halogens is 1. The normalized spacial score (nSPS) is 17.6. The molecule has 1 aliphatic carbocycles. The highest BCUT2D eigenvalue weighted by molar-refractivity contribution is 9.10. The van der Waals surface area contributed by atoms with E-state index >= 15 is 0 Å². The molecular weight excluding hydrogens is 282 g/mol. The first-order chi connectivity index (χ1) is 8.19. The van der Waals surface area contributed by atoms with Crippen molar-refractivity contribution in [1.82, 2.24) is 0 Å². The van der Waals surface area contributed by atoms with Crippen molar-refractivity contribution in [2.24, 2.45) is 11.7 Å². The summed E-state index contributed by atoms with van der Waals surface area (Å²) in [5, 5.41) is 9.71. The lowest BCUT2D eigenvalue weighted by Crippen LogP contribution is -2.19. The Kier molecular flexibility index (Phi) is 4.42. The summed E-state index contributed by atoms with van der Waals surface area (Å²) in [6, 6.07) is 5.65. The van der Waals surface area contributed by atoms with E-state index in [1.807, 2.05) is 18.2 Å². The van der Waals surface area contributed by atoms with Gasteiger partial charge in [0.2, 0.25) is 0 Å². The second kappa shape index (κ2) is 5.85. The van der Waals surface area contributed by atoms with E-state index in [2.05, 4.69) is 15.9 Å². The van der Waals surface area contributed by atoms with Gasteiger partial charge in [-0.15, -0.1) is 0 Å². The molecular formula is C13H18BrNO2. The van der Waals surface area contributed by atoms with Gasteiger partial charge in [0, 0.05) is 11.0 Å². The van der Waals surface area contributed by atoms with Crippen molar-refractivity contribution in [3.05, 3.63) is 28.2 Å². The van der Waals surface area contributed by atoms with E-state index in [-0.39, 0.29) is 6.54 Å². The van der Waals surface area contributed by atoms with E-state index in [1.165, 1.54) is 19.3 Å². The maximum Gasteiger partial charge on any atom is 0.120 e. The predicted molar refractivity (Wildman–Crippen MR) is 71.0 cm³/mol. The van der Waals surface area contributed by atoms with E-state index in [0.29, 0.717) is 5.92 Å². The highest BCUT2D eigenvalue weighted by Gasteiger charge is 2.18. The van der Waals surface area contributed by atoms with Crippen molar-refractivity contribution in [2.75, 3.05) is 13.2 Å². The van der Waals surface area contributed by atoms with Crippen LogP contribution in [0.3, 0.4) is 0 Å². The molecule has 1 aliphatic rings. The van der Waals surface area contributed by atoms with Crippen molar-refractivity contribution in [2.45, 2.75) is 25.4 Å². The van der Waals surface area contributed by atoms with E-state index in [4.69, 9.17) is 10.5 Å². The third-order valence-corrected chi connectivity index (χ3v) is 3.67. The third-order valence-electron chi connectivity index (χ3n) is 3.21. The minimum Gasteiger partial charge on any atom is -0.493 e. The van der Waals surface area contributed by atoms with Gasteiger partial charge in [-0.05, 0) is 42.5 Å². The van der Waals surface area contributed by atoms with Gasteiger partial charge >= 0.3 is 0 Å². The highest BCUT2D eigenvalue weighted by atomic mass is 79.9. The van der Waals surface area contributed by atoms with Crippen LogP contribution in [-0.4, -0.2) is 18.3 Å². The molecule has 1 aromatic carbocycles. The van der Waals surface area contributed by atoms with Crippen molar-refractivity contribution in [3.8, 4) is 5.75 Å². The minimum atomic E-state index is -0.626. The molecule has 94 valence electrons. The Balaban J connectivity index is 2.02. The molecule has 1 atom stereocenters. The molecule has 1 fully saturated rings. The first kappa shape index (κ1) is 12.9. The predicted octanol–water partition coefficient (Wildman–Crippen LogP) is 2.62. The Morgan fingerprint density at radius 2 is 2.18 bits per heavy atom. The van der Waals surface area contributed by atoms with Crippen LogP contribution in [0.2, 0.25) is 0 Å². The summed E-state index contributed by atoms with van der Waals surface area (Å²) in [7, 11) is 0. The van der Waals surface area contributed by atoms with Crippen molar-refractivity contribution in [3.63, 3.8) is 0 Å². The molecule has 3 nitrogen and oxygen atoms in total. The molecule has 0 spiro atoms. The van der Waals surface area contributed by atoms with Crippen LogP contribution in [0.1, 0.15) is 30.9 Å². The van der Waals surface area contributed by atoms with E-state index < -0.39 is 6.10 Å². The van der Waals surface area contributed by atoms with Crippen LogP contribution in [0.5, 0.6) is 5.75 Å². The van der Waals surface area contributed by atoms with E-state index in [0.717, 1.165) is 22.4 Å². The zero-order valence-electron chi connectivity index (χ0n) is 9.73. The Bertz CT molecular complexity index is 380. The van der Waals surface area contributed by atoms with Gasteiger partial charge in [0.15, 0.2) is 0 Å². The van der Waals surface area contributed by atoms with Crippen molar-refractivity contribution < 1.29 is 9.84 Å². The Morgan fingerprint density at radius 3 is 2.76 bits per heavy atom. The number of ether oxygens (including phenoxy) is 1. The molecule has 0 bridgehead atoms. The summed E-state index contributed by atoms with van der Waals surface area (Å²) >= 11 is 3.42. The maximum atomic E-state index is 9.71. The van der Waals surface area contributed by atoms with Crippen LogP contribution in [0.4, 0.5) is 0 Å². The number of rotatable bonds is 5. The van der Waals surface area contributed by atoms with Crippen LogP contribution in [0, 0.1) is 5.92 Å². The molecule has 0 saturated heterocycles. The van der Waals surface area contributed by atoms with Crippen LogP contribution in [-0.2, 0) is 0 Å². The van der Waals surface area contributed by atoms with E-state index in [1.54, 1.807) is 0 Å². The fraction of sp³-hybridized carbons (Fsp3) is 0.538. The molecule has 0 radical (unpaired) electrons. The lowest BCUT2D eigenvalue weighted by molar-refractivity contribution is 0.175. The fourth-order valence-electron chi connectivity index (χ4n) is 1.87. The lowest BCUT2D eigenvalue weighted by atomic mass is 9.86. The molecule has 0 heterocycles. The lowest BCUT2D eigenvalue weighted by Gasteiger charge is -2.25. The van der Waals surface area contributed by atoms with Gasteiger partial charge < -0.3 is 15.6 Å². The summed E-state index contributed by atoms with van der Waals surface area (Å²) in [4.78, 5) is 0. The zero-order chi connectivity index (χ0) is 12.3. The molecule has 0 aliphatic heterocycles. The first-order valence-electron chi connectivity index (χ1n) is 6.00. The second-order valence-electron chi connectivity index (χ2n) is 4.58. The maximum absolute atomic E-state index is 9.71. The van der Waals surface area contributed by atoms with Crippen LogP contribution in [0.25, 0.3) is 0 Å². The summed E-state index contributed by atoms with van der Waals surface area (Å²) in [6.45, 7) is 0.993. The van der Waals surface area contributed by atoms with Gasteiger partial charge in [-0.2, -0.15) is 0 Å². The SMILES string of the molecule is NCC(O)c1cc(Br)cc(OCC2CCC2)c1. The molecule has 4 heteroatoms. The third kappa shape index (κ3) is 3.44. The van der Waals surface area contributed by atoms with Crippen LogP contribution >= 0.6 is 15.9 Å². The number of hydrogen-bond donors (Lipinski definition) is 2. The summed E-state index contributed by atoms with van der Waals surface area (Å²) in [5.74, 6) is 1.51. The monoisotopic (exact) mass is 299 g/mol. The van der Waals surface area contributed by atoms with Crippen LogP contribution in [0.15, 0.2) is 22.7 Å². The Hall–Kier alpha value is -0.580. The first-order valence-corrected chi connectivity index (χ1v) is 6.79. The standard InChI is InChI=1S/C13H18BrNO2/c14-11-4-10(13(16)7-15)5-12(6-11)17-8-9-2-1-3-9/h4-6,9,13,16H,1-3,7-8,15H2. The molecule has 1 unspecified atom stereocenters. The molecule has 3 N–H and O–H groups in total. The molecule has 1 saturated carbocycles. The van der Waals surface area contributed by atoms with Gasteiger partial charge in [-0.1, -0.05) is 22.4 Å². The number of aliphatic hydroxyl groups excluding tert-OH is 1. The molecule has 0 aromatic heterocycles. The Morgan fingerprint density at radius 1 is 1.41 bits per heavy atom. The summed E-state index contributed by atoms with van der Waals surface area (Å²) in [6.07, 6.45) is 3.24. The zero-order valence-corrected chi connectivity index (χ0v) is 11.3. The molecule has 1 aromatic rings. The second-order valence-corrected chi connectivity index (χ2v) is 5.50. The van der Waals surface area contributed by atoms with Crippen molar-refractivity contribution >= 4 is 15.9 Å². The van der Waals surface area contributed by atoms with Gasteiger partial charge in [-0.25, -0.2) is 0 Å². The topological polar surface area (TPSA) is 55.5 Å². The van der Waals surface area contributed by atoms with E-state index in [9.17, 15) is 5.11 Å². The largest absolute Gasteiger partial charge is 0.493 e. The number of aliphatic hydroxyl groups is 1. The van der Waals surface area contributed by atoms with Gasteiger partial charge in [0.05, 0.1) is 12.7 Å². The number of nitrogens with two attached hydrogens (primary N) is 1. The van der Waals surface area contributed by atoms with Crippen LogP contribution < -0.4 is 10.5 Å².